The summed E-state index contributed by atoms with van der Waals surface area (Å²) in [6.07, 6.45) is 10.4. The Morgan fingerprint density at radius 2 is 1.59 bits per heavy atom. The number of nitrogens with one attached hydrogen (secondary N) is 1. The zero-order valence-electron chi connectivity index (χ0n) is 28.1. The molecule has 1 aromatic carbocycles. The number of esters is 1. The Labute approximate surface area is 269 Å². The number of carbonyl (C=O) groups is 3. The van der Waals surface area contributed by atoms with Gasteiger partial charge in [-0.15, -0.1) is 0 Å². The van der Waals surface area contributed by atoms with Gasteiger partial charge in [-0.1, -0.05) is 77.8 Å². The van der Waals surface area contributed by atoms with Crippen molar-refractivity contribution in [3.05, 3.63) is 40.9 Å². The average molecular weight is 622 g/mol. The number of fused-ring (bicyclic) bond motifs is 7. The molecule has 0 radical (unpaired) electrons. The van der Waals surface area contributed by atoms with Crippen molar-refractivity contribution in [2.45, 2.75) is 119 Å². The van der Waals surface area contributed by atoms with E-state index in [1.807, 2.05) is 18.2 Å². The van der Waals surface area contributed by atoms with Gasteiger partial charge in [-0.2, -0.15) is 0 Å². The number of halogens is 1. The highest BCUT2D eigenvalue weighted by Crippen LogP contribution is 2.75. The number of benzene rings is 1. The highest BCUT2D eigenvalue weighted by atomic mass is 35.5. The minimum absolute atomic E-state index is 0.0199. The second kappa shape index (κ2) is 10.2. The maximum Gasteiger partial charge on any atom is 0.302 e. The molecule has 1 amide bonds. The van der Waals surface area contributed by atoms with Crippen LogP contribution in [0.15, 0.2) is 35.9 Å². The van der Waals surface area contributed by atoms with E-state index in [4.69, 9.17) is 16.3 Å². The van der Waals surface area contributed by atoms with E-state index < -0.39 is 5.41 Å². The first-order valence-corrected chi connectivity index (χ1v) is 17.3. The number of amides is 1. The van der Waals surface area contributed by atoms with Crippen molar-refractivity contribution in [3.8, 4) is 0 Å². The molecule has 0 spiro atoms. The van der Waals surface area contributed by atoms with Gasteiger partial charge < -0.3 is 10.1 Å². The summed E-state index contributed by atoms with van der Waals surface area (Å²) in [5.41, 5.74) is 0.845. The van der Waals surface area contributed by atoms with Gasteiger partial charge in [0.2, 0.25) is 5.91 Å². The first kappa shape index (κ1) is 31.8. The summed E-state index contributed by atoms with van der Waals surface area (Å²) in [6, 6.07) is 7.42. The lowest BCUT2D eigenvalue weighted by atomic mass is 9.33. The topological polar surface area (TPSA) is 72.5 Å². The van der Waals surface area contributed by atoms with Gasteiger partial charge in [-0.05, 0) is 109 Å². The number of allylic oxidation sites excluding steroid dienone is 2. The maximum absolute atomic E-state index is 14.7. The van der Waals surface area contributed by atoms with Crippen molar-refractivity contribution >= 4 is 34.9 Å². The quantitative estimate of drug-likeness (QED) is 0.342. The second-order valence-electron chi connectivity index (χ2n) is 17.1. The van der Waals surface area contributed by atoms with Crippen LogP contribution in [0.2, 0.25) is 5.02 Å². The highest BCUT2D eigenvalue weighted by molar-refractivity contribution is 6.33. The molecule has 44 heavy (non-hydrogen) atoms. The number of hydrogen-bond acceptors (Lipinski definition) is 4. The van der Waals surface area contributed by atoms with Crippen LogP contribution in [0.5, 0.6) is 0 Å². The van der Waals surface area contributed by atoms with Crippen LogP contribution in [-0.2, 0) is 19.1 Å². The van der Waals surface area contributed by atoms with E-state index in [1.54, 1.807) is 6.07 Å². The lowest BCUT2D eigenvalue weighted by Gasteiger charge is -2.70. The molecule has 1 aromatic rings. The van der Waals surface area contributed by atoms with Gasteiger partial charge in [0.1, 0.15) is 6.10 Å². The van der Waals surface area contributed by atoms with E-state index >= 15 is 0 Å². The molecule has 6 heteroatoms. The minimum Gasteiger partial charge on any atom is -0.462 e. The summed E-state index contributed by atoms with van der Waals surface area (Å²) < 4.78 is 5.87. The largest absolute Gasteiger partial charge is 0.462 e. The molecule has 0 bridgehead atoms. The molecule has 0 aliphatic heterocycles. The molecule has 0 heterocycles. The SMILES string of the molecule is CC(=O)OC1CCC2(C)C(CCC3(C)C2C(=O)C=C2C4CC(C)(C(=O)Nc5ccccc5Cl)CCC4(C)CCC23C)C1(C)C. The summed E-state index contributed by atoms with van der Waals surface area (Å²) in [6.45, 7) is 17.8. The van der Waals surface area contributed by atoms with Gasteiger partial charge in [0.15, 0.2) is 5.78 Å². The van der Waals surface area contributed by atoms with E-state index in [0.29, 0.717) is 16.6 Å². The molecule has 5 aliphatic carbocycles. The van der Waals surface area contributed by atoms with Gasteiger partial charge in [-0.25, -0.2) is 0 Å². The Balaban J connectivity index is 1.35. The number of ether oxygens (including phenoxy) is 1. The summed E-state index contributed by atoms with van der Waals surface area (Å²) >= 11 is 6.42. The van der Waals surface area contributed by atoms with E-state index in [2.05, 4.69) is 59.9 Å². The Kier molecular flexibility index (Phi) is 7.36. The van der Waals surface area contributed by atoms with Crippen LogP contribution in [0.3, 0.4) is 0 Å². The van der Waals surface area contributed by atoms with Crippen molar-refractivity contribution in [2.24, 2.45) is 50.2 Å². The average Bonchev–Trinajstić information content (AvgIpc) is 2.93. The smallest absolute Gasteiger partial charge is 0.302 e. The minimum atomic E-state index is -0.550. The normalized spacial score (nSPS) is 44.2. The monoisotopic (exact) mass is 621 g/mol. The summed E-state index contributed by atoms with van der Waals surface area (Å²) in [4.78, 5) is 40.5. The molecule has 1 N–H and O–H groups in total. The predicted molar refractivity (Wildman–Crippen MR) is 175 cm³/mol. The van der Waals surface area contributed by atoms with Gasteiger partial charge in [0.25, 0.3) is 0 Å². The number of ketones is 1. The molecule has 5 nitrogen and oxygen atoms in total. The first-order chi connectivity index (χ1) is 20.4. The molecule has 240 valence electrons. The van der Waals surface area contributed by atoms with Crippen LogP contribution < -0.4 is 5.32 Å². The third-order valence-electron chi connectivity index (χ3n) is 14.5. The molecule has 6 rings (SSSR count). The number of rotatable bonds is 3. The maximum atomic E-state index is 14.7. The summed E-state index contributed by atoms with van der Waals surface area (Å²) in [7, 11) is 0. The van der Waals surface area contributed by atoms with E-state index in [9.17, 15) is 14.4 Å². The molecule has 4 saturated carbocycles. The Morgan fingerprint density at radius 1 is 0.909 bits per heavy atom. The van der Waals surface area contributed by atoms with Gasteiger partial charge in [0.05, 0.1) is 10.7 Å². The fourth-order valence-corrected chi connectivity index (χ4v) is 11.8. The lowest BCUT2D eigenvalue weighted by Crippen LogP contribution is -2.66. The Morgan fingerprint density at radius 3 is 2.27 bits per heavy atom. The zero-order chi connectivity index (χ0) is 32.1. The Bertz CT molecular complexity index is 1430. The standard InChI is InChI=1S/C38H52ClNO4/c1-23(41)44-30-14-15-36(6)29(33(30,2)3)13-16-38(8)31(36)28(42)21-24-25-22-35(5,18-17-34(25,4)19-20-37(24,38)7)32(43)40-27-12-10-9-11-26(27)39/h9-12,21,25,29-31H,13-20,22H2,1-8H3,(H,40,43). The van der Waals surface area contributed by atoms with Crippen molar-refractivity contribution < 1.29 is 19.1 Å². The highest BCUT2D eigenvalue weighted by Gasteiger charge is 2.70. The fraction of sp³-hybridized carbons (Fsp3) is 0.711. The molecule has 4 fully saturated rings. The molecule has 0 aromatic heterocycles. The fourth-order valence-electron chi connectivity index (χ4n) is 11.6. The summed E-state index contributed by atoms with van der Waals surface area (Å²) in [5, 5.41) is 3.69. The van der Waals surface area contributed by atoms with Crippen LogP contribution >= 0.6 is 11.6 Å². The van der Waals surface area contributed by atoms with Gasteiger partial charge >= 0.3 is 5.97 Å². The number of para-hydroxylation sites is 1. The van der Waals surface area contributed by atoms with Crippen LogP contribution in [0, 0.1) is 50.2 Å². The molecular weight excluding hydrogens is 570 g/mol. The Hall–Kier alpha value is -2.14. The van der Waals surface area contributed by atoms with Crippen LogP contribution in [-0.4, -0.2) is 23.8 Å². The van der Waals surface area contributed by atoms with Crippen molar-refractivity contribution in [1.82, 2.24) is 0 Å². The third-order valence-corrected chi connectivity index (χ3v) is 14.8. The van der Waals surface area contributed by atoms with E-state index in [1.165, 1.54) is 12.5 Å². The number of hydrogen-bond donors (Lipinski definition) is 1. The molecule has 9 atom stereocenters. The lowest BCUT2D eigenvalue weighted by molar-refractivity contribution is -0.210. The zero-order valence-corrected chi connectivity index (χ0v) is 28.8. The van der Waals surface area contributed by atoms with Gasteiger partial charge in [0, 0.05) is 23.7 Å². The summed E-state index contributed by atoms with van der Waals surface area (Å²) in [5.74, 6) is 0.501. The van der Waals surface area contributed by atoms with Crippen LogP contribution in [0.25, 0.3) is 0 Å². The number of carbonyl (C=O) groups excluding carboxylic acids is 3. The second-order valence-corrected chi connectivity index (χ2v) is 17.6. The van der Waals surface area contributed by atoms with Crippen LogP contribution in [0.4, 0.5) is 5.69 Å². The van der Waals surface area contributed by atoms with Crippen molar-refractivity contribution in [3.63, 3.8) is 0 Å². The number of anilines is 1. The van der Waals surface area contributed by atoms with E-state index in [0.717, 1.165) is 57.8 Å². The molecule has 5 aliphatic rings. The van der Waals surface area contributed by atoms with Crippen LogP contribution in [0.1, 0.15) is 113 Å². The molecule has 0 saturated heterocycles. The molecule has 9 unspecified atom stereocenters. The molecular formula is C38H52ClNO4. The van der Waals surface area contributed by atoms with Crippen molar-refractivity contribution in [2.75, 3.05) is 5.32 Å². The third kappa shape index (κ3) is 4.41. The first-order valence-electron chi connectivity index (χ1n) is 16.9. The van der Waals surface area contributed by atoms with Gasteiger partial charge in [-0.3, -0.25) is 14.4 Å². The van der Waals surface area contributed by atoms with E-state index in [-0.39, 0.29) is 62.7 Å². The van der Waals surface area contributed by atoms with Crippen molar-refractivity contribution in [1.29, 1.82) is 0 Å². The predicted octanol–water partition coefficient (Wildman–Crippen LogP) is 9.19.